The Bertz CT molecular complexity index is 238. The molecule has 1 rings (SSSR count). The van der Waals surface area contributed by atoms with Crippen LogP contribution < -0.4 is 21.5 Å². The summed E-state index contributed by atoms with van der Waals surface area (Å²) in [6.07, 6.45) is 3.86. The second-order valence-corrected chi connectivity index (χ2v) is 2.79. The number of aryl methyl sites for hydroxylation is 1. The van der Waals surface area contributed by atoms with Crippen molar-refractivity contribution in [2.45, 2.75) is 26.0 Å². The van der Waals surface area contributed by atoms with Gasteiger partial charge in [0, 0.05) is 13.0 Å². The molecule has 13 heavy (non-hydrogen) atoms. The predicted molar refractivity (Wildman–Crippen MR) is 43.3 cm³/mol. The predicted octanol–water partition coefficient (Wildman–Crippen LogP) is -3.26. The summed E-state index contributed by atoms with van der Waals surface area (Å²) in [5.41, 5.74) is 0. The third kappa shape index (κ3) is 3.46. The first kappa shape index (κ1) is 12.6. The average Bonchev–Trinajstić information content (AvgIpc) is 2.48. The Kier molecular flexibility index (Phi) is 5.94. The number of halogens is 1. The van der Waals surface area contributed by atoms with Crippen LogP contribution in [0.5, 0.6) is 0 Å². The summed E-state index contributed by atoms with van der Waals surface area (Å²) in [5, 5.41) is 17.9. The molecule has 0 saturated carbocycles. The second-order valence-electron chi connectivity index (χ2n) is 2.79. The van der Waals surface area contributed by atoms with Gasteiger partial charge in [-0.3, -0.25) is 0 Å². The Balaban J connectivity index is 0.00000144. The molecule has 76 valence electrons. The van der Waals surface area contributed by atoms with Crippen LogP contribution >= 0.6 is 0 Å². The zero-order chi connectivity index (χ0) is 8.97. The molecule has 4 nitrogen and oxygen atoms in total. The van der Waals surface area contributed by atoms with E-state index in [4.69, 9.17) is 5.11 Å². The fourth-order valence-corrected chi connectivity index (χ4v) is 1.17. The first-order valence-electron chi connectivity index (χ1n) is 4.11. The summed E-state index contributed by atoms with van der Waals surface area (Å²) < 4.78 is 1.90. The van der Waals surface area contributed by atoms with Crippen molar-refractivity contribution in [3.63, 3.8) is 0 Å². The molecule has 1 aromatic rings. The molecule has 1 heterocycles. The number of imidazole rings is 1. The van der Waals surface area contributed by atoms with Crippen molar-refractivity contribution in [1.82, 2.24) is 4.98 Å². The summed E-state index contributed by atoms with van der Waals surface area (Å²) in [7, 11) is 0. The van der Waals surface area contributed by atoms with E-state index in [0.717, 1.165) is 12.4 Å². The third-order valence-electron chi connectivity index (χ3n) is 1.75. The van der Waals surface area contributed by atoms with E-state index in [1.807, 2.05) is 10.8 Å². The van der Waals surface area contributed by atoms with Gasteiger partial charge in [-0.05, 0) is 6.92 Å². The number of nitrogens with zero attached hydrogens (tertiary/aromatic N) is 1. The average molecular weight is 251 g/mol. The first-order chi connectivity index (χ1) is 5.75. The fourth-order valence-electron chi connectivity index (χ4n) is 1.17. The lowest BCUT2D eigenvalue weighted by atomic mass is 10.3. The van der Waals surface area contributed by atoms with Gasteiger partial charge in [-0.2, -0.15) is 0 Å². The van der Waals surface area contributed by atoms with Crippen molar-refractivity contribution >= 4 is 0 Å². The monoisotopic (exact) mass is 250 g/mol. The molecule has 0 aliphatic carbocycles. The molecular weight excluding hydrogens is 236 g/mol. The number of aromatic amines is 1. The van der Waals surface area contributed by atoms with Crippen molar-refractivity contribution in [2.75, 3.05) is 6.61 Å². The highest BCUT2D eigenvalue weighted by Gasteiger charge is 2.14. The van der Waals surface area contributed by atoms with E-state index in [1.165, 1.54) is 0 Å². The van der Waals surface area contributed by atoms with E-state index in [1.54, 1.807) is 13.1 Å². The minimum atomic E-state index is -0.487. The number of hydrogen-bond donors (Lipinski definition) is 3. The molecule has 5 heteroatoms. The molecule has 0 aliphatic rings. The Morgan fingerprint density at radius 3 is 2.85 bits per heavy atom. The zero-order valence-corrected chi connectivity index (χ0v) is 9.16. The molecule has 1 aromatic heterocycles. The van der Waals surface area contributed by atoms with Crippen molar-refractivity contribution < 1.29 is 31.8 Å². The molecule has 0 bridgehead atoms. The van der Waals surface area contributed by atoms with Gasteiger partial charge in [-0.1, -0.05) is 0 Å². The van der Waals surface area contributed by atoms with Gasteiger partial charge in [-0.15, -0.1) is 0 Å². The van der Waals surface area contributed by atoms with E-state index in [0.29, 0.717) is 6.42 Å². The standard InChI is InChI=1S/C8H14N2O2.BrH/c1-7(12)8-9-3-5-10(8)4-2-6-11;/h3,5,7,11-12H,2,4,6H2,1H3;1H. The SMILES string of the molecule is CC(O)c1[nH]cc[n+]1CCCO.[Br-]. The van der Waals surface area contributed by atoms with Crippen LogP contribution in [0.1, 0.15) is 25.3 Å². The highest BCUT2D eigenvalue weighted by Crippen LogP contribution is 2.01. The van der Waals surface area contributed by atoms with E-state index in [9.17, 15) is 5.11 Å². The van der Waals surface area contributed by atoms with Crippen LogP contribution in [0, 0.1) is 0 Å². The van der Waals surface area contributed by atoms with Crippen LogP contribution in [-0.2, 0) is 6.54 Å². The highest BCUT2D eigenvalue weighted by atomic mass is 79.9. The van der Waals surface area contributed by atoms with Crippen molar-refractivity contribution in [3.8, 4) is 0 Å². The normalized spacial score (nSPS) is 12.2. The summed E-state index contributed by atoms with van der Waals surface area (Å²) in [6.45, 7) is 2.62. The van der Waals surface area contributed by atoms with Crippen LogP contribution in [0.15, 0.2) is 12.4 Å². The lowest BCUT2D eigenvalue weighted by Gasteiger charge is -2.00. The lowest BCUT2D eigenvalue weighted by Crippen LogP contribution is -3.00. The molecular formula is C8H15BrN2O2. The maximum absolute atomic E-state index is 9.28. The molecule has 0 aromatic carbocycles. The maximum atomic E-state index is 9.28. The first-order valence-corrected chi connectivity index (χ1v) is 4.11. The van der Waals surface area contributed by atoms with Crippen LogP contribution in [0.3, 0.4) is 0 Å². The largest absolute Gasteiger partial charge is 1.00 e. The summed E-state index contributed by atoms with van der Waals surface area (Å²) in [6, 6.07) is 0. The molecule has 0 fully saturated rings. The van der Waals surface area contributed by atoms with E-state index < -0.39 is 6.10 Å². The van der Waals surface area contributed by atoms with E-state index >= 15 is 0 Å². The number of aliphatic hydroxyl groups is 2. The molecule has 0 aliphatic heterocycles. The van der Waals surface area contributed by atoms with Crippen molar-refractivity contribution in [2.24, 2.45) is 0 Å². The number of aliphatic hydroxyl groups excluding tert-OH is 2. The molecule has 3 N–H and O–H groups in total. The quantitative estimate of drug-likeness (QED) is 0.492. The summed E-state index contributed by atoms with van der Waals surface area (Å²) in [5.74, 6) is 0.781. The fraction of sp³-hybridized carbons (Fsp3) is 0.625. The van der Waals surface area contributed by atoms with E-state index in [-0.39, 0.29) is 23.6 Å². The van der Waals surface area contributed by atoms with Crippen LogP contribution in [0.25, 0.3) is 0 Å². The minimum Gasteiger partial charge on any atom is -1.00 e. The van der Waals surface area contributed by atoms with E-state index in [2.05, 4.69) is 4.98 Å². The smallest absolute Gasteiger partial charge is 0.283 e. The molecule has 0 radical (unpaired) electrons. The van der Waals surface area contributed by atoms with Crippen LogP contribution in [0.2, 0.25) is 0 Å². The van der Waals surface area contributed by atoms with Crippen LogP contribution in [0.4, 0.5) is 0 Å². The second kappa shape index (κ2) is 6.12. The van der Waals surface area contributed by atoms with Crippen molar-refractivity contribution in [3.05, 3.63) is 18.2 Å². The van der Waals surface area contributed by atoms with Gasteiger partial charge in [0.05, 0.1) is 6.54 Å². The number of H-pyrrole nitrogens is 1. The van der Waals surface area contributed by atoms with Gasteiger partial charge in [0.15, 0.2) is 6.10 Å². The summed E-state index contributed by atoms with van der Waals surface area (Å²) in [4.78, 5) is 2.95. The van der Waals surface area contributed by atoms with Gasteiger partial charge in [0.25, 0.3) is 5.82 Å². The molecule has 0 spiro atoms. The van der Waals surface area contributed by atoms with Gasteiger partial charge >= 0.3 is 0 Å². The molecule has 1 unspecified atom stereocenters. The Morgan fingerprint density at radius 2 is 2.31 bits per heavy atom. The van der Waals surface area contributed by atoms with Crippen molar-refractivity contribution in [1.29, 1.82) is 0 Å². The third-order valence-corrected chi connectivity index (χ3v) is 1.75. The number of aromatic nitrogens is 2. The Labute approximate surface area is 88.0 Å². The molecule has 0 amide bonds. The topological polar surface area (TPSA) is 60.1 Å². The van der Waals surface area contributed by atoms with Gasteiger partial charge in [0.1, 0.15) is 12.4 Å². The lowest BCUT2D eigenvalue weighted by molar-refractivity contribution is -0.706. The van der Waals surface area contributed by atoms with Gasteiger partial charge in [-0.25, -0.2) is 9.55 Å². The number of nitrogens with one attached hydrogen (secondary N) is 1. The van der Waals surface area contributed by atoms with Gasteiger partial charge < -0.3 is 27.2 Å². The Morgan fingerprint density at radius 1 is 1.62 bits per heavy atom. The van der Waals surface area contributed by atoms with Crippen LogP contribution in [-0.4, -0.2) is 21.8 Å². The summed E-state index contributed by atoms with van der Waals surface area (Å²) >= 11 is 0. The van der Waals surface area contributed by atoms with Gasteiger partial charge in [0.2, 0.25) is 0 Å². The molecule has 1 atom stereocenters. The molecule has 0 saturated heterocycles. The number of rotatable bonds is 4. The number of hydrogen-bond acceptors (Lipinski definition) is 2. The maximum Gasteiger partial charge on any atom is 0.283 e. The Hall–Kier alpha value is -0.390. The highest BCUT2D eigenvalue weighted by molar-refractivity contribution is 4.80. The minimum absolute atomic E-state index is 0. The zero-order valence-electron chi connectivity index (χ0n) is 7.57.